The van der Waals surface area contributed by atoms with Gasteiger partial charge in [-0.2, -0.15) is 0 Å². The average molecular weight is 501 g/mol. The van der Waals surface area contributed by atoms with Crippen molar-refractivity contribution >= 4 is 11.9 Å². The Balaban J connectivity index is 1.64. The Bertz CT molecular complexity index is 876. The molecule has 0 aromatic heterocycles. The predicted octanol–water partition coefficient (Wildman–Crippen LogP) is 7.15. The van der Waals surface area contributed by atoms with E-state index in [1.165, 1.54) is 32.1 Å². The Kier molecular flexibility index (Phi) is 9.65. The number of fused-ring (bicyclic) bond motifs is 1. The normalized spacial score (nSPS) is 31.9. The molecule has 5 heteroatoms. The van der Waals surface area contributed by atoms with E-state index in [0.29, 0.717) is 23.7 Å². The molecule has 36 heavy (non-hydrogen) atoms. The van der Waals surface area contributed by atoms with Crippen LogP contribution in [-0.2, 0) is 14.3 Å². The van der Waals surface area contributed by atoms with E-state index >= 15 is 0 Å². The molecule has 0 aromatic rings. The fourth-order valence-electron chi connectivity index (χ4n) is 7.21. The molecule has 2 N–H and O–H groups in total. The van der Waals surface area contributed by atoms with Crippen LogP contribution >= 0.6 is 0 Å². The molecule has 3 aliphatic rings. The summed E-state index contributed by atoms with van der Waals surface area (Å²) in [7, 11) is 0. The highest BCUT2D eigenvalue weighted by Gasteiger charge is 2.50. The highest BCUT2D eigenvalue weighted by molar-refractivity contribution is 5.76. The third-order valence-electron chi connectivity index (χ3n) is 9.18. The minimum absolute atomic E-state index is 0.0759. The van der Waals surface area contributed by atoms with Crippen LogP contribution in [0.4, 0.5) is 0 Å². The lowest BCUT2D eigenvalue weighted by Gasteiger charge is -2.44. The van der Waals surface area contributed by atoms with Gasteiger partial charge in [-0.3, -0.25) is 9.59 Å². The average Bonchev–Trinajstić information content (AvgIpc) is 3.14. The van der Waals surface area contributed by atoms with Gasteiger partial charge in [0.2, 0.25) is 0 Å². The van der Waals surface area contributed by atoms with Gasteiger partial charge in [0.15, 0.2) is 0 Å². The van der Waals surface area contributed by atoms with Gasteiger partial charge < -0.3 is 14.9 Å². The van der Waals surface area contributed by atoms with Gasteiger partial charge in [-0.1, -0.05) is 56.6 Å². The van der Waals surface area contributed by atoms with Crippen LogP contribution in [0, 0.1) is 23.2 Å². The van der Waals surface area contributed by atoms with Gasteiger partial charge >= 0.3 is 11.9 Å². The van der Waals surface area contributed by atoms with E-state index in [0.717, 1.165) is 49.2 Å². The van der Waals surface area contributed by atoms with E-state index in [1.807, 2.05) is 13.8 Å². The molecule has 0 heterocycles. The van der Waals surface area contributed by atoms with Crippen molar-refractivity contribution in [3.05, 3.63) is 35.5 Å². The number of hydrogen-bond donors (Lipinski definition) is 2. The summed E-state index contributed by atoms with van der Waals surface area (Å²) in [5.74, 6) is 0.638. The Morgan fingerprint density at radius 2 is 1.94 bits per heavy atom. The van der Waals surface area contributed by atoms with Gasteiger partial charge in [-0.15, -0.1) is 0 Å². The predicted molar refractivity (Wildman–Crippen MR) is 143 cm³/mol. The van der Waals surface area contributed by atoms with E-state index in [2.05, 4.69) is 32.6 Å². The minimum atomic E-state index is -0.978. The van der Waals surface area contributed by atoms with E-state index in [4.69, 9.17) is 9.84 Å². The summed E-state index contributed by atoms with van der Waals surface area (Å²) in [6.07, 6.45) is 15.7. The molecule has 0 amide bonds. The van der Waals surface area contributed by atoms with Gasteiger partial charge in [-0.25, -0.2) is 0 Å². The first kappa shape index (κ1) is 28.7. The van der Waals surface area contributed by atoms with Crippen LogP contribution in [0.15, 0.2) is 35.5 Å². The summed E-state index contributed by atoms with van der Waals surface area (Å²) in [4.78, 5) is 22.7. The molecule has 0 bridgehead atoms. The second-order valence-electron chi connectivity index (χ2n) is 12.6. The SMILES string of the molecule is C=C1CC[C@H](OC(=O)CCC(=O)O)C/C1=C/C=C1\CCC[C@]2(C)[C@@H]([C@H](C)CCCC(C)(C)O)CC[C@@H]12. The Hall–Kier alpha value is -1.88. The van der Waals surface area contributed by atoms with Crippen LogP contribution in [0.2, 0.25) is 0 Å². The zero-order valence-corrected chi connectivity index (χ0v) is 23.0. The Labute approximate surface area is 218 Å². The molecular formula is C31H48O5. The second-order valence-corrected chi connectivity index (χ2v) is 12.6. The molecule has 3 fully saturated rings. The molecule has 202 valence electrons. The van der Waals surface area contributed by atoms with Crippen LogP contribution in [0.1, 0.15) is 111 Å². The van der Waals surface area contributed by atoms with Crippen LogP contribution in [-0.4, -0.2) is 33.9 Å². The molecule has 0 aromatic carbocycles. The number of aliphatic carboxylic acids is 1. The van der Waals surface area contributed by atoms with Gasteiger partial charge in [0, 0.05) is 6.42 Å². The number of allylic oxidation sites excluding steroid dienone is 4. The maximum Gasteiger partial charge on any atom is 0.306 e. The van der Waals surface area contributed by atoms with Crippen molar-refractivity contribution in [2.75, 3.05) is 0 Å². The van der Waals surface area contributed by atoms with Gasteiger partial charge in [0.25, 0.3) is 0 Å². The van der Waals surface area contributed by atoms with Gasteiger partial charge in [0.1, 0.15) is 6.10 Å². The summed E-state index contributed by atoms with van der Waals surface area (Å²) < 4.78 is 5.57. The van der Waals surface area contributed by atoms with E-state index in [1.54, 1.807) is 5.57 Å². The van der Waals surface area contributed by atoms with Crippen LogP contribution in [0.5, 0.6) is 0 Å². The second kappa shape index (κ2) is 12.1. The summed E-state index contributed by atoms with van der Waals surface area (Å²) in [5.41, 5.74) is 3.62. The maximum atomic E-state index is 12.0. The quantitative estimate of drug-likeness (QED) is 0.311. The topological polar surface area (TPSA) is 83.8 Å². The molecule has 0 unspecified atom stereocenters. The van der Waals surface area contributed by atoms with Crippen molar-refractivity contribution in [3.8, 4) is 0 Å². The van der Waals surface area contributed by atoms with Crippen molar-refractivity contribution in [1.82, 2.24) is 0 Å². The number of aliphatic hydroxyl groups is 1. The molecular weight excluding hydrogens is 452 g/mol. The lowest BCUT2D eigenvalue weighted by molar-refractivity contribution is -0.152. The van der Waals surface area contributed by atoms with Gasteiger partial charge in [-0.05, 0) is 94.0 Å². The third kappa shape index (κ3) is 7.57. The number of ether oxygens (including phenoxy) is 1. The summed E-state index contributed by atoms with van der Waals surface area (Å²) in [6.45, 7) is 13.0. The molecule has 0 radical (unpaired) electrons. The Morgan fingerprint density at radius 3 is 2.64 bits per heavy atom. The van der Waals surface area contributed by atoms with Crippen molar-refractivity contribution in [3.63, 3.8) is 0 Å². The zero-order chi connectivity index (χ0) is 26.5. The smallest absolute Gasteiger partial charge is 0.306 e. The maximum absolute atomic E-state index is 12.0. The van der Waals surface area contributed by atoms with Crippen molar-refractivity contribution in [2.45, 2.75) is 123 Å². The van der Waals surface area contributed by atoms with E-state index in [9.17, 15) is 14.7 Å². The van der Waals surface area contributed by atoms with Crippen LogP contribution < -0.4 is 0 Å². The first-order valence-corrected chi connectivity index (χ1v) is 14.1. The molecule has 0 saturated heterocycles. The molecule has 5 atom stereocenters. The summed E-state index contributed by atoms with van der Waals surface area (Å²) in [6, 6.07) is 0. The highest BCUT2D eigenvalue weighted by Crippen LogP contribution is 2.60. The van der Waals surface area contributed by atoms with Crippen molar-refractivity contribution < 1.29 is 24.5 Å². The van der Waals surface area contributed by atoms with Gasteiger partial charge in [0.05, 0.1) is 18.4 Å². The van der Waals surface area contributed by atoms with E-state index < -0.39 is 17.5 Å². The third-order valence-corrected chi connectivity index (χ3v) is 9.18. The molecule has 3 rings (SSSR count). The lowest BCUT2D eigenvalue weighted by Crippen LogP contribution is -2.36. The number of rotatable bonds is 10. The van der Waals surface area contributed by atoms with E-state index in [-0.39, 0.29) is 18.9 Å². The highest BCUT2D eigenvalue weighted by atomic mass is 16.5. The first-order valence-electron chi connectivity index (χ1n) is 14.1. The number of carboxylic acids is 1. The fraction of sp³-hybridized carbons (Fsp3) is 0.742. The number of hydrogen-bond acceptors (Lipinski definition) is 4. The van der Waals surface area contributed by atoms with Crippen molar-refractivity contribution in [2.24, 2.45) is 23.2 Å². The molecule has 5 nitrogen and oxygen atoms in total. The molecule has 0 aliphatic heterocycles. The number of carbonyl (C=O) groups is 2. The summed E-state index contributed by atoms with van der Waals surface area (Å²) in [5, 5.41) is 18.9. The summed E-state index contributed by atoms with van der Waals surface area (Å²) >= 11 is 0. The fourth-order valence-corrected chi connectivity index (χ4v) is 7.21. The Morgan fingerprint density at radius 1 is 1.19 bits per heavy atom. The zero-order valence-electron chi connectivity index (χ0n) is 23.0. The largest absolute Gasteiger partial charge is 0.481 e. The number of carboxylic acid groups (broad SMARTS) is 1. The van der Waals surface area contributed by atoms with Crippen LogP contribution in [0.3, 0.4) is 0 Å². The van der Waals surface area contributed by atoms with Crippen molar-refractivity contribution in [1.29, 1.82) is 0 Å². The lowest BCUT2D eigenvalue weighted by atomic mass is 9.60. The monoisotopic (exact) mass is 500 g/mol. The molecule has 0 spiro atoms. The molecule has 3 aliphatic carbocycles. The number of esters is 1. The number of carbonyl (C=O) groups excluding carboxylic acids is 1. The minimum Gasteiger partial charge on any atom is -0.481 e. The molecule has 3 saturated carbocycles. The standard InChI is InChI=1S/C31H48O5/c1-21-10-13-25(36-29(34)17-16-28(32)33)20-24(21)12-11-23-9-7-19-31(5)26(14-15-27(23)31)22(2)8-6-18-30(3,4)35/h11-12,22,25-27,35H,1,6-10,13-20H2,2-5H3,(H,32,33)/b23-11+,24-12-/t22-,25+,26-,27+,31-/m1/s1. The van der Waals surface area contributed by atoms with Crippen LogP contribution in [0.25, 0.3) is 0 Å². The first-order chi connectivity index (χ1) is 16.9.